The van der Waals surface area contributed by atoms with Crippen LogP contribution < -0.4 is 10.2 Å². The third kappa shape index (κ3) is 5.14. The second-order valence-electron chi connectivity index (χ2n) is 5.55. The van der Waals surface area contributed by atoms with Gasteiger partial charge in [0.15, 0.2) is 0 Å². The molecule has 1 aromatic heterocycles. The topological polar surface area (TPSA) is 124 Å². The fourth-order valence-electron chi connectivity index (χ4n) is 2.21. The first-order valence-corrected chi connectivity index (χ1v) is 8.86. The van der Waals surface area contributed by atoms with Gasteiger partial charge in [-0.3, -0.25) is 14.9 Å². The molecule has 0 aliphatic heterocycles. The molecule has 0 atom stereocenters. The molecule has 0 radical (unpaired) electrons. The third-order valence-electron chi connectivity index (χ3n) is 3.61. The lowest BCUT2D eigenvalue weighted by Crippen LogP contribution is -2.17. The number of furan rings is 1. The average molecular weight is 458 g/mol. The zero-order valence-corrected chi connectivity index (χ0v) is 16.2. The number of hydrogen-bond donors (Lipinski definition) is 1. The molecular formula is C19H12BrN3O6. The lowest BCUT2D eigenvalue weighted by Gasteiger charge is -2.06. The molecule has 146 valence electrons. The normalized spacial score (nSPS) is 10.7. The van der Waals surface area contributed by atoms with E-state index >= 15 is 0 Å². The van der Waals surface area contributed by atoms with Gasteiger partial charge in [0, 0.05) is 27.7 Å². The number of halogens is 1. The quantitative estimate of drug-likeness (QED) is 0.196. The van der Waals surface area contributed by atoms with Crippen LogP contribution in [0.5, 0.6) is 5.75 Å². The highest BCUT2D eigenvalue weighted by Crippen LogP contribution is 2.24. The summed E-state index contributed by atoms with van der Waals surface area (Å²) in [6.07, 6.45) is 2.46. The van der Waals surface area contributed by atoms with Crippen LogP contribution in [0, 0.1) is 10.1 Å². The molecule has 0 unspecified atom stereocenters. The van der Waals surface area contributed by atoms with Crippen LogP contribution >= 0.6 is 15.9 Å². The van der Waals surface area contributed by atoms with Gasteiger partial charge in [0.25, 0.3) is 11.6 Å². The van der Waals surface area contributed by atoms with Crippen molar-refractivity contribution in [2.75, 3.05) is 0 Å². The van der Waals surface area contributed by atoms with E-state index < -0.39 is 16.8 Å². The predicted octanol–water partition coefficient (Wildman–Crippen LogP) is 3.93. The smallest absolute Gasteiger partial charge is 0.379 e. The second kappa shape index (κ2) is 8.93. The van der Waals surface area contributed by atoms with E-state index in [2.05, 4.69) is 26.5 Å². The number of hydrazone groups is 1. The maximum atomic E-state index is 12.1. The summed E-state index contributed by atoms with van der Waals surface area (Å²) in [6, 6.07) is 13.1. The van der Waals surface area contributed by atoms with Gasteiger partial charge < -0.3 is 9.15 Å². The number of non-ortho nitro benzene ring substituents is 1. The van der Waals surface area contributed by atoms with Gasteiger partial charge in [-0.1, -0.05) is 15.9 Å². The van der Waals surface area contributed by atoms with Crippen LogP contribution in [0.1, 0.15) is 26.5 Å². The van der Waals surface area contributed by atoms with Crippen molar-refractivity contribution in [3.63, 3.8) is 0 Å². The number of nitro groups is 1. The molecule has 1 heterocycles. The predicted molar refractivity (Wildman–Crippen MR) is 106 cm³/mol. The van der Waals surface area contributed by atoms with Crippen LogP contribution in [0.3, 0.4) is 0 Å². The minimum Gasteiger partial charge on any atom is -0.457 e. The highest BCUT2D eigenvalue weighted by Gasteiger charge is 2.16. The van der Waals surface area contributed by atoms with Gasteiger partial charge in [-0.2, -0.15) is 5.10 Å². The lowest BCUT2D eigenvalue weighted by atomic mass is 10.2. The molecule has 0 aliphatic carbocycles. The Morgan fingerprint density at radius 3 is 2.59 bits per heavy atom. The first-order chi connectivity index (χ1) is 13.9. The fraction of sp³-hybridized carbons (Fsp3) is 0. The third-order valence-corrected chi connectivity index (χ3v) is 4.13. The number of nitrogens with one attached hydrogen (secondary N) is 1. The van der Waals surface area contributed by atoms with E-state index in [0.717, 1.165) is 10.7 Å². The summed E-state index contributed by atoms with van der Waals surface area (Å²) in [6.45, 7) is 0. The maximum absolute atomic E-state index is 12.1. The van der Waals surface area contributed by atoms with E-state index in [9.17, 15) is 19.7 Å². The standard InChI is InChI=1S/C19H12BrN3O6/c20-14-5-3-12(4-6-14)18(24)22-21-11-13-10-15(23(26)27)7-8-16(13)29-19(25)17-2-1-9-28-17/h1-11H,(H,22,24)/b21-11+. The van der Waals surface area contributed by atoms with Crippen molar-refractivity contribution in [1.82, 2.24) is 5.43 Å². The van der Waals surface area contributed by atoms with Crippen molar-refractivity contribution in [3.8, 4) is 5.75 Å². The van der Waals surface area contributed by atoms with Gasteiger partial charge in [-0.15, -0.1) is 0 Å². The fourth-order valence-corrected chi connectivity index (χ4v) is 2.48. The summed E-state index contributed by atoms with van der Waals surface area (Å²) in [5.41, 5.74) is 2.57. The molecule has 9 nitrogen and oxygen atoms in total. The number of ether oxygens (including phenoxy) is 1. The van der Waals surface area contributed by atoms with Gasteiger partial charge in [0.2, 0.25) is 5.76 Å². The Balaban J connectivity index is 1.79. The van der Waals surface area contributed by atoms with Gasteiger partial charge in [0.05, 0.1) is 17.4 Å². The number of benzene rings is 2. The van der Waals surface area contributed by atoms with E-state index in [1.165, 1.54) is 36.6 Å². The summed E-state index contributed by atoms with van der Waals surface area (Å²) in [5.74, 6) is -1.28. The van der Waals surface area contributed by atoms with Crippen LogP contribution in [-0.4, -0.2) is 23.0 Å². The van der Waals surface area contributed by atoms with Crippen molar-refractivity contribution in [3.05, 3.63) is 92.3 Å². The molecule has 0 saturated carbocycles. The molecule has 1 N–H and O–H groups in total. The Kier molecular flexibility index (Phi) is 6.15. The highest BCUT2D eigenvalue weighted by atomic mass is 79.9. The number of carbonyl (C=O) groups excluding carboxylic acids is 2. The summed E-state index contributed by atoms with van der Waals surface area (Å²) >= 11 is 3.27. The number of rotatable bonds is 6. The first-order valence-electron chi connectivity index (χ1n) is 8.07. The Bertz CT molecular complexity index is 1080. The Hall–Kier alpha value is -3.79. The highest BCUT2D eigenvalue weighted by molar-refractivity contribution is 9.10. The van der Waals surface area contributed by atoms with Crippen LogP contribution in [-0.2, 0) is 0 Å². The van der Waals surface area contributed by atoms with Crippen molar-refractivity contribution in [2.45, 2.75) is 0 Å². The monoisotopic (exact) mass is 457 g/mol. The van der Waals surface area contributed by atoms with Crippen molar-refractivity contribution >= 4 is 39.7 Å². The molecule has 3 rings (SSSR count). The van der Waals surface area contributed by atoms with E-state index in [4.69, 9.17) is 9.15 Å². The van der Waals surface area contributed by atoms with Crippen LogP contribution in [0.2, 0.25) is 0 Å². The van der Waals surface area contributed by atoms with E-state index in [0.29, 0.717) is 5.56 Å². The Morgan fingerprint density at radius 1 is 1.17 bits per heavy atom. The van der Waals surface area contributed by atoms with Crippen LogP contribution in [0.15, 0.2) is 74.9 Å². The first kappa shape index (κ1) is 20.0. The minimum absolute atomic E-state index is 0.0126. The zero-order chi connectivity index (χ0) is 20.8. The van der Waals surface area contributed by atoms with Gasteiger partial charge in [-0.25, -0.2) is 10.2 Å². The number of amides is 1. The van der Waals surface area contributed by atoms with E-state index in [1.54, 1.807) is 24.3 Å². The molecule has 10 heteroatoms. The number of nitro benzene ring substituents is 1. The Morgan fingerprint density at radius 2 is 1.93 bits per heavy atom. The number of carbonyl (C=O) groups is 2. The van der Waals surface area contributed by atoms with Crippen LogP contribution in [0.4, 0.5) is 5.69 Å². The number of hydrogen-bond acceptors (Lipinski definition) is 7. The molecule has 0 aliphatic rings. The molecule has 1 amide bonds. The summed E-state index contributed by atoms with van der Waals surface area (Å²) in [7, 11) is 0. The average Bonchev–Trinajstić information content (AvgIpc) is 3.24. The van der Waals surface area contributed by atoms with Crippen molar-refractivity contribution in [1.29, 1.82) is 0 Å². The summed E-state index contributed by atoms with van der Waals surface area (Å²) in [5, 5.41) is 14.8. The second-order valence-corrected chi connectivity index (χ2v) is 6.47. The van der Waals surface area contributed by atoms with Crippen molar-refractivity contribution < 1.29 is 23.7 Å². The molecular weight excluding hydrogens is 446 g/mol. The molecule has 0 bridgehead atoms. The van der Waals surface area contributed by atoms with Crippen molar-refractivity contribution in [2.24, 2.45) is 5.10 Å². The van der Waals surface area contributed by atoms with Gasteiger partial charge >= 0.3 is 5.97 Å². The van der Waals surface area contributed by atoms with E-state index in [1.807, 2.05) is 0 Å². The number of esters is 1. The molecule has 0 spiro atoms. The minimum atomic E-state index is -0.780. The Labute approximate surface area is 172 Å². The maximum Gasteiger partial charge on any atom is 0.379 e. The van der Waals surface area contributed by atoms with Gasteiger partial charge in [-0.05, 0) is 42.5 Å². The van der Waals surface area contributed by atoms with Gasteiger partial charge in [0.1, 0.15) is 5.75 Å². The lowest BCUT2D eigenvalue weighted by molar-refractivity contribution is -0.384. The largest absolute Gasteiger partial charge is 0.457 e. The zero-order valence-electron chi connectivity index (χ0n) is 14.6. The summed E-state index contributed by atoms with van der Waals surface area (Å²) in [4.78, 5) is 34.6. The molecule has 2 aromatic carbocycles. The molecule has 29 heavy (non-hydrogen) atoms. The van der Waals surface area contributed by atoms with E-state index in [-0.39, 0.29) is 22.8 Å². The molecule has 0 fully saturated rings. The molecule has 3 aromatic rings. The molecule has 0 saturated heterocycles. The summed E-state index contributed by atoms with van der Waals surface area (Å²) < 4.78 is 11.0. The van der Waals surface area contributed by atoms with Crippen LogP contribution in [0.25, 0.3) is 0 Å². The SMILES string of the molecule is O=C(N/N=C/c1cc([N+](=O)[O-])ccc1OC(=O)c1ccco1)c1ccc(Br)cc1. The number of nitrogens with zero attached hydrogens (tertiary/aromatic N) is 2.